The van der Waals surface area contributed by atoms with Gasteiger partial charge in [-0.05, 0) is 0 Å². The van der Waals surface area contributed by atoms with Crippen LogP contribution in [0.25, 0.3) is 11.0 Å². The number of rotatable bonds is 1. The minimum Gasteiger partial charge on any atom is -0.478 e. The molecule has 0 fully saturated rings. The zero-order valence-electron chi connectivity index (χ0n) is 6.93. The summed E-state index contributed by atoms with van der Waals surface area (Å²) in [6, 6.07) is 0. The van der Waals surface area contributed by atoms with Gasteiger partial charge in [0.05, 0.1) is 7.11 Å². The molecule has 2 heterocycles. The first-order valence-corrected chi connectivity index (χ1v) is 3.60. The second-order valence-corrected chi connectivity index (χ2v) is 2.35. The van der Waals surface area contributed by atoms with Gasteiger partial charge in [0.1, 0.15) is 5.52 Å². The molecule has 0 bridgehead atoms. The van der Waals surface area contributed by atoms with Crippen LogP contribution in [0.3, 0.4) is 0 Å². The Balaban J connectivity index is 2.84. The smallest absolute Gasteiger partial charge is 0.261 e. The molecule has 6 heteroatoms. The fourth-order valence-electron chi connectivity index (χ4n) is 1.01. The van der Waals surface area contributed by atoms with Gasteiger partial charge in [-0.15, -0.1) is 10.2 Å². The van der Waals surface area contributed by atoms with E-state index in [9.17, 15) is 0 Å². The Morgan fingerprint density at radius 2 is 1.85 bits per heavy atom. The first kappa shape index (κ1) is 7.66. The molecule has 66 valence electrons. The van der Waals surface area contributed by atoms with E-state index in [-0.39, 0.29) is 5.82 Å². The quantitative estimate of drug-likeness (QED) is 0.660. The van der Waals surface area contributed by atoms with Crippen LogP contribution in [0.2, 0.25) is 0 Å². The van der Waals surface area contributed by atoms with E-state index in [2.05, 4.69) is 20.2 Å². The van der Waals surface area contributed by atoms with Crippen molar-refractivity contribution in [2.75, 3.05) is 12.8 Å². The largest absolute Gasteiger partial charge is 0.478 e. The van der Waals surface area contributed by atoms with Crippen molar-refractivity contribution < 1.29 is 4.74 Å². The maximum absolute atomic E-state index is 5.55. The second-order valence-electron chi connectivity index (χ2n) is 2.35. The third-order valence-electron chi connectivity index (χ3n) is 1.59. The highest BCUT2D eigenvalue weighted by Gasteiger charge is 2.08. The second kappa shape index (κ2) is 2.81. The molecular weight excluding hydrogens is 170 g/mol. The number of fused-ring (bicyclic) bond motifs is 1. The van der Waals surface area contributed by atoms with E-state index < -0.39 is 0 Å². The third kappa shape index (κ3) is 1.12. The van der Waals surface area contributed by atoms with E-state index in [0.29, 0.717) is 16.9 Å². The van der Waals surface area contributed by atoms with Crippen molar-refractivity contribution in [2.24, 2.45) is 0 Å². The molecule has 2 N–H and O–H groups in total. The topological polar surface area (TPSA) is 86.8 Å². The molecule has 0 atom stereocenters. The first-order chi connectivity index (χ1) is 6.33. The summed E-state index contributed by atoms with van der Waals surface area (Å²) in [7, 11) is 1.49. The lowest BCUT2D eigenvalue weighted by molar-refractivity contribution is 0.397. The summed E-state index contributed by atoms with van der Waals surface area (Å²) in [6.07, 6.45) is 3.09. The Morgan fingerprint density at radius 3 is 2.54 bits per heavy atom. The van der Waals surface area contributed by atoms with Crippen LogP contribution < -0.4 is 10.5 Å². The molecule has 13 heavy (non-hydrogen) atoms. The molecular formula is C7H7N5O. The number of methoxy groups -OCH3 is 1. The molecule has 0 aliphatic heterocycles. The summed E-state index contributed by atoms with van der Waals surface area (Å²) in [5.74, 6) is 0.584. The number of nitrogens with two attached hydrogens (primary N) is 1. The molecule has 0 radical (unpaired) electrons. The van der Waals surface area contributed by atoms with Crippen molar-refractivity contribution in [2.45, 2.75) is 0 Å². The van der Waals surface area contributed by atoms with Crippen molar-refractivity contribution >= 4 is 16.9 Å². The Morgan fingerprint density at radius 1 is 1.15 bits per heavy atom. The molecule has 0 aromatic carbocycles. The van der Waals surface area contributed by atoms with Gasteiger partial charge >= 0.3 is 0 Å². The van der Waals surface area contributed by atoms with Crippen LogP contribution in [-0.2, 0) is 0 Å². The fraction of sp³-hybridized carbons (Fsp3) is 0.143. The van der Waals surface area contributed by atoms with Gasteiger partial charge in [0, 0.05) is 12.4 Å². The lowest BCUT2D eigenvalue weighted by Crippen LogP contribution is -2.00. The molecule has 0 unspecified atom stereocenters. The lowest BCUT2D eigenvalue weighted by Gasteiger charge is -2.01. The molecule has 2 aromatic heterocycles. The predicted octanol–water partition coefficient (Wildman–Crippen LogP) is 0.0106. The van der Waals surface area contributed by atoms with E-state index >= 15 is 0 Å². The highest BCUT2D eigenvalue weighted by Crippen LogP contribution is 2.20. The van der Waals surface area contributed by atoms with E-state index in [4.69, 9.17) is 10.5 Å². The predicted molar refractivity (Wildman–Crippen MR) is 46.1 cm³/mol. The van der Waals surface area contributed by atoms with E-state index in [1.165, 1.54) is 7.11 Å². The van der Waals surface area contributed by atoms with Gasteiger partial charge in [0.15, 0.2) is 11.3 Å². The van der Waals surface area contributed by atoms with Crippen molar-refractivity contribution in [1.82, 2.24) is 20.2 Å². The van der Waals surface area contributed by atoms with Gasteiger partial charge in [-0.3, -0.25) is 0 Å². The zero-order chi connectivity index (χ0) is 9.26. The number of ether oxygens (including phenoxy) is 1. The minimum atomic E-state index is 0.254. The molecule has 0 aliphatic rings. The normalized spacial score (nSPS) is 10.2. The Kier molecular flexibility index (Phi) is 1.66. The van der Waals surface area contributed by atoms with Crippen LogP contribution in [0.5, 0.6) is 5.88 Å². The van der Waals surface area contributed by atoms with Crippen molar-refractivity contribution in [3.63, 3.8) is 0 Å². The summed E-state index contributed by atoms with van der Waals surface area (Å²) >= 11 is 0. The lowest BCUT2D eigenvalue weighted by atomic mass is 10.4. The van der Waals surface area contributed by atoms with E-state index in [0.717, 1.165) is 0 Å². The first-order valence-electron chi connectivity index (χ1n) is 3.60. The van der Waals surface area contributed by atoms with Gasteiger partial charge in [0.2, 0.25) is 0 Å². The molecule has 2 aromatic rings. The van der Waals surface area contributed by atoms with Crippen LogP contribution in [-0.4, -0.2) is 27.3 Å². The molecule has 0 saturated heterocycles. The van der Waals surface area contributed by atoms with Crippen molar-refractivity contribution in [3.8, 4) is 5.88 Å². The Bertz CT molecular complexity index is 444. The van der Waals surface area contributed by atoms with Crippen LogP contribution in [0, 0.1) is 0 Å². The van der Waals surface area contributed by atoms with Crippen LogP contribution in [0.1, 0.15) is 0 Å². The zero-order valence-corrected chi connectivity index (χ0v) is 6.93. The number of aromatic nitrogens is 4. The summed E-state index contributed by atoms with van der Waals surface area (Å²) in [5.41, 5.74) is 6.58. The summed E-state index contributed by atoms with van der Waals surface area (Å²) in [5, 5.41) is 7.40. The van der Waals surface area contributed by atoms with Crippen molar-refractivity contribution in [3.05, 3.63) is 12.4 Å². The highest BCUT2D eigenvalue weighted by atomic mass is 16.5. The maximum Gasteiger partial charge on any atom is 0.261 e. The van der Waals surface area contributed by atoms with E-state index in [1.54, 1.807) is 12.4 Å². The molecule has 2 rings (SSSR count). The van der Waals surface area contributed by atoms with Gasteiger partial charge < -0.3 is 10.5 Å². The molecule has 0 amide bonds. The maximum atomic E-state index is 5.55. The van der Waals surface area contributed by atoms with Crippen LogP contribution >= 0.6 is 0 Å². The van der Waals surface area contributed by atoms with Gasteiger partial charge in [-0.2, -0.15) is 0 Å². The standard InChI is InChI=1S/C7H7N5O/c1-13-7-5-4(6(8)11-12-7)9-2-3-10-5/h2-3H,1H3,(H2,8,11). The average molecular weight is 177 g/mol. The molecule has 0 aliphatic carbocycles. The SMILES string of the molecule is COc1nnc(N)c2nccnc12. The number of nitrogens with zero attached hydrogens (tertiary/aromatic N) is 4. The van der Waals surface area contributed by atoms with Gasteiger partial charge in [0.25, 0.3) is 5.88 Å². The van der Waals surface area contributed by atoms with Gasteiger partial charge in [-0.25, -0.2) is 9.97 Å². The third-order valence-corrected chi connectivity index (χ3v) is 1.59. The molecule has 0 saturated carbocycles. The molecule has 6 nitrogen and oxygen atoms in total. The fourth-order valence-corrected chi connectivity index (χ4v) is 1.01. The number of hydrogen-bond acceptors (Lipinski definition) is 6. The van der Waals surface area contributed by atoms with Crippen LogP contribution in [0.15, 0.2) is 12.4 Å². The summed E-state index contributed by atoms with van der Waals surface area (Å²) in [6.45, 7) is 0. The average Bonchev–Trinajstić information content (AvgIpc) is 2.19. The summed E-state index contributed by atoms with van der Waals surface area (Å²) < 4.78 is 4.95. The van der Waals surface area contributed by atoms with E-state index in [1.807, 2.05) is 0 Å². The Labute approximate surface area is 73.8 Å². The minimum absolute atomic E-state index is 0.254. The monoisotopic (exact) mass is 177 g/mol. The number of hydrogen-bond donors (Lipinski definition) is 1. The van der Waals surface area contributed by atoms with Gasteiger partial charge in [-0.1, -0.05) is 0 Å². The highest BCUT2D eigenvalue weighted by molar-refractivity contribution is 5.86. The summed E-state index contributed by atoms with van der Waals surface area (Å²) in [4.78, 5) is 8.06. The Hall–Kier alpha value is -1.98. The number of anilines is 1. The number of nitrogen functional groups attached to an aromatic ring is 1. The molecule has 0 spiro atoms. The van der Waals surface area contributed by atoms with Crippen molar-refractivity contribution in [1.29, 1.82) is 0 Å². The van der Waals surface area contributed by atoms with Crippen LogP contribution in [0.4, 0.5) is 5.82 Å².